The number of hydrogen-bond acceptors (Lipinski definition) is 4. The average Bonchev–Trinajstić information content (AvgIpc) is 2.91. The molecule has 0 aliphatic heterocycles. The Bertz CT molecular complexity index is 782. The van der Waals surface area contributed by atoms with E-state index in [9.17, 15) is 8.42 Å². The van der Waals surface area contributed by atoms with Crippen LogP contribution < -0.4 is 5.32 Å². The molecule has 3 rings (SSSR count). The molecular formula is C17H25N3O2S. The summed E-state index contributed by atoms with van der Waals surface area (Å²) in [6, 6.07) is 4.16. The molecule has 1 N–H and O–H groups in total. The van der Waals surface area contributed by atoms with Crippen LogP contribution in [0.1, 0.15) is 36.9 Å². The SMILES string of the molecule is Cc1cccn2cc(CCNC3CCCCC3S(C)(=O)=O)nc12. The van der Waals surface area contributed by atoms with Gasteiger partial charge in [0.1, 0.15) is 5.65 Å². The van der Waals surface area contributed by atoms with Gasteiger partial charge in [0.05, 0.1) is 10.9 Å². The number of rotatable bonds is 5. The smallest absolute Gasteiger partial charge is 0.151 e. The first-order chi connectivity index (χ1) is 10.9. The lowest BCUT2D eigenvalue weighted by molar-refractivity contribution is 0.373. The molecule has 5 nitrogen and oxygen atoms in total. The van der Waals surface area contributed by atoms with E-state index in [0.717, 1.165) is 55.6 Å². The number of sulfone groups is 1. The van der Waals surface area contributed by atoms with Crippen LogP contribution in [-0.2, 0) is 16.3 Å². The molecule has 2 aromatic heterocycles. The quantitative estimate of drug-likeness (QED) is 0.909. The van der Waals surface area contributed by atoms with Crippen molar-refractivity contribution in [3.8, 4) is 0 Å². The fourth-order valence-corrected chi connectivity index (χ4v) is 4.98. The van der Waals surface area contributed by atoms with Gasteiger partial charge in [0.25, 0.3) is 0 Å². The summed E-state index contributed by atoms with van der Waals surface area (Å²) < 4.78 is 25.9. The second-order valence-corrected chi connectivity index (χ2v) is 8.88. The molecule has 126 valence electrons. The first-order valence-corrected chi connectivity index (χ1v) is 10.3. The molecule has 0 bridgehead atoms. The summed E-state index contributed by atoms with van der Waals surface area (Å²) in [7, 11) is -2.98. The van der Waals surface area contributed by atoms with Crippen LogP contribution in [-0.4, -0.2) is 41.9 Å². The van der Waals surface area contributed by atoms with E-state index in [0.29, 0.717) is 0 Å². The maximum atomic E-state index is 11.9. The van der Waals surface area contributed by atoms with Crippen molar-refractivity contribution in [1.82, 2.24) is 14.7 Å². The van der Waals surface area contributed by atoms with Crippen LogP contribution in [0, 0.1) is 6.92 Å². The molecule has 0 spiro atoms. The Labute approximate surface area is 138 Å². The first kappa shape index (κ1) is 16.5. The third kappa shape index (κ3) is 3.75. The standard InChI is InChI=1S/C17H25N3O2S/c1-13-6-5-11-20-12-14(19-17(13)20)9-10-18-15-7-3-4-8-16(15)23(2,21)22/h5-6,11-12,15-16,18H,3-4,7-10H2,1-2H3. The van der Waals surface area contributed by atoms with Crippen LogP contribution in [0.25, 0.3) is 5.65 Å². The predicted octanol–water partition coefficient (Wildman–Crippen LogP) is 2.13. The van der Waals surface area contributed by atoms with Crippen molar-refractivity contribution in [1.29, 1.82) is 0 Å². The number of nitrogens with zero attached hydrogens (tertiary/aromatic N) is 2. The van der Waals surface area contributed by atoms with E-state index in [1.165, 1.54) is 6.26 Å². The molecule has 2 atom stereocenters. The van der Waals surface area contributed by atoms with Gasteiger partial charge in [-0.05, 0) is 31.4 Å². The van der Waals surface area contributed by atoms with Crippen molar-refractivity contribution in [2.45, 2.75) is 50.3 Å². The van der Waals surface area contributed by atoms with Crippen molar-refractivity contribution in [2.75, 3.05) is 12.8 Å². The Morgan fingerprint density at radius 1 is 1.35 bits per heavy atom. The molecule has 2 heterocycles. The van der Waals surface area contributed by atoms with Gasteiger partial charge in [0, 0.05) is 37.7 Å². The number of imidazole rings is 1. The van der Waals surface area contributed by atoms with Crippen LogP contribution in [0.15, 0.2) is 24.5 Å². The van der Waals surface area contributed by atoms with Gasteiger partial charge in [-0.15, -0.1) is 0 Å². The number of nitrogens with one attached hydrogen (secondary N) is 1. The van der Waals surface area contributed by atoms with Crippen LogP contribution in [0.3, 0.4) is 0 Å². The monoisotopic (exact) mass is 335 g/mol. The molecule has 2 unspecified atom stereocenters. The molecule has 1 aliphatic carbocycles. The van der Waals surface area contributed by atoms with Gasteiger partial charge in [0.2, 0.25) is 0 Å². The molecule has 0 amide bonds. The van der Waals surface area contributed by atoms with Gasteiger partial charge >= 0.3 is 0 Å². The minimum Gasteiger partial charge on any atom is -0.312 e. The molecule has 1 saturated carbocycles. The van der Waals surface area contributed by atoms with Gasteiger partial charge in [0.15, 0.2) is 9.84 Å². The minimum atomic E-state index is -2.98. The van der Waals surface area contributed by atoms with Crippen molar-refractivity contribution in [2.24, 2.45) is 0 Å². The van der Waals surface area contributed by atoms with E-state index < -0.39 is 9.84 Å². The molecule has 1 fully saturated rings. The van der Waals surface area contributed by atoms with Gasteiger partial charge in [-0.3, -0.25) is 0 Å². The summed E-state index contributed by atoms with van der Waals surface area (Å²) in [4.78, 5) is 4.67. The van der Waals surface area contributed by atoms with Gasteiger partial charge in [-0.25, -0.2) is 13.4 Å². The lowest BCUT2D eigenvalue weighted by atomic mass is 9.95. The summed E-state index contributed by atoms with van der Waals surface area (Å²) in [6.45, 7) is 2.82. The second kappa shape index (κ2) is 6.61. The van der Waals surface area contributed by atoms with Gasteiger partial charge in [-0.2, -0.15) is 0 Å². The molecule has 1 aliphatic rings. The lowest BCUT2D eigenvalue weighted by Gasteiger charge is -2.30. The Morgan fingerprint density at radius 3 is 2.87 bits per heavy atom. The number of aromatic nitrogens is 2. The third-order valence-electron chi connectivity index (χ3n) is 4.77. The van der Waals surface area contributed by atoms with E-state index in [1.54, 1.807) is 0 Å². The number of fused-ring (bicyclic) bond motifs is 1. The number of hydrogen-bond donors (Lipinski definition) is 1. The fourth-order valence-electron chi connectivity index (χ4n) is 3.55. The highest BCUT2D eigenvalue weighted by Crippen LogP contribution is 2.24. The van der Waals surface area contributed by atoms with Gasteiger partial charge < -0.3 is 9.72 Å². The summed E-state index contributed by atoms with van der Waals surface area (Å²) in [6.07, 6.45) is 10.1. The van der Waals surface area contributed by atoms with Crippen molar-refractivity contribution >= 4 is 15.5 Å². The minimum absolute atomic E-state index is 0.0810. The molecule has 0 saturated heterocycles. The largest absolute Gasteiger partial charge is 0.312 e. The maximum absolute atomic E-state index is 11.9. The number of pyridine rings is 1. The van der Waals surface area contributed by atoms with Crippen molar-refractivity contribution in [3.63, 3.8) is 0 Å². The normalized spacial score (nSPS) is 22.5. The topological polar surface area (TPSA) is 63.5 Å². The Morgan fingerprint density at radius 2 is 2.13 bits per heavy atom. The molecule has 6 heteroatoms. The van der Waals surface area contributed by atoms with E-state index in [2.05, 4.69) is 29.5 Å². The van der Waals surface area contributed by atoms with Crippen LogP contribution in [0.5, 0.6) is 0 Å². The Kier molecular flexibility index (Phi) is 4.73. The molecule has 0 aromatic carbocycles. The lowest BCUT2D eigenvalue weighted by Crippen LogP contribution is -2.46. The maximum Gasteiger partial charge on any atom is 0.151 e. The van der Waals surface area contributed by atoms with E-state index in [4.69, 9.17) is 0 Å². The molecule has 2 aromatic rings. The Hall–Kier alpha value is -1.40. The predicted molar refractivity (Wildman–Crippen MR) is 92.5 cm³/mol. The second-order valence-electron chi connectivity index (χ2n) is 6.62. The molecule has 23 heavy (non-hydrogen) atoms. The molecule has 0 radical (unpaired) electrons. The van der Waals surface area contributed by atoms with Crippen LogP contribution in [0.4, 0.5) is 0 Å². The summed E-state index contributed by atoms with van der Waals surface area (Å²) in [5.74, 6) is 0. The van der Waals surface area contributed by atoms with Crippen LogP contribution >= 0.6 is 0 Å². The Balaban J connectivity index is 1.62. The highest BCUT2D eigenvalue weighted by molar-refractivity contribution is 7.91. The zero-order valence-electron chi connectivity index (χ0n) is 13.8. The summed E-state index contributed by atoms with van der Waals surface area (Å²) in [5.41, 5.74) is 3.20. The van der Waals surface area contributed by atoms with Gasteiger partial charge in [-0.1, -0.05) is 18.9 Å². The van der Waals surface area contributed by atoms with Crippen LogP contribution in [0.2, 0.25) is 0 Å². The summed E-state index contributed by atoms with van der Waals surface area (Å²) in [5, 5.41) is 3.22. The molecular weight excluding hydrogens is 310 g/mol. The summed E-state index contributed by atoms with van der Waals surface area (Å²) >= 11 is 0. The third-order valence-corrected chi connectivity index (χ3v) is 6.43. The van der Waals surface area contributed by atoms with E-state index >= 15 is 0 Å². The zero-order chi connectivity index (χ0) is 16.4. The highest BCUT2D eigenvalue weighted by Gasteiger charge is 2.32. The zero-order valence-corrected chi connectivity index (χ0v) is 14.6. The highest BCUT2D eigenvalue weighted by atomic mass is 32.2. The average molecular weight is 335 g/mol. The number of aryl methyl sites for hydroxylation is 1. The van der Waals surface area contributed by atoms with E-state index in [1.807, 2.05) is 16.7 Å². The van der Waals surface area contributed by atoms with Crippen molar-refractivity contribution < 1.29 is 8.42 Å². The first-order valence-electron chi connectivity index (χ1n) is 8.30. The van der Waals surface area contributed by atoms with Crippen molar-refractivity contribution in [3.05, 3.63) is 35.8 Å². The van der Waals surface area contributed by atoms with E-state index in [-0.39, 0.29) is 11.3 Å². The fraction of sp³-hybridized carbons (Fsp3) is 0.588.